The molecule has 0 radical (unpaired) electrons. The minimum absolute atomic E-state index is 0.0884. The fourth-order valence-electron chi connectivity index (χ4n) is 2.31. The lowest BCUT2D eigenvalue weighted by atomic mass is 9.86. The van der Waals surface area contributed by atoms with E-state index in [1.807, 2.05) is 24.3 Å². The van der Waals surface area contributed by atoms with Gasteiger partial charge < -0.3 is 9.84 Å². The SMILES string of the molecule is C[C@@H](O)c1c(F)cccc1Oc1ccccc1C(C)(C)C. The van der Waals surface area contributed by atoms with Gasteiger partial charge in [0.15, 0.2) is 0 Å². The van der Waals surface area contributed by atoms with Gasteiger partial charge in [0.1, 0.15) is 17.3 Å². The molecular formula is C18H21FO2. The summed E-state index contributed by atoms with van der Waals surface area (Å²) in [4.78, 5) is 0. The first-order valence-electron chi connectivity index (χ1n) is 7.04. The Bertz CT molecular complexity index is 627. The van der Waals surface area contributed by atoms with Crippen molar-refractivity contribution in [3.63, 3.8) is 0 Å². The van der Waals surface area contributed by atoms with Gasteiger partial charge in [0.05, 0.1) is 11.7 Å². The molecule has 0 aliphatic carbocycles. The van der Waals surface area contributed by atoms with Gasteiger partial charge in [0, 0.05) is 5.56 Å². The normalized spacial score (nSPS) is 13.0. The second-order valence-electron chi connectivity index (χ2n) is 6.18. The van der Waals surface area contributed by atoms with Crippen LogP contribution < -0.4 is 4.74 Å². The van der Waals surface area contributed by atoms with Crippen LogP contribution in [0.4, 0.5) is 4.39 Å². The number of aliphatic hydroxyl groups is 1. The van der Waals surface area contributed by atoms with Gasteiger partial charge in [-0.15, -0.1) is 0 Å². The number of para-hydroxylation sites is 1. The number of halogens is 1. The van der Waals surface area contributed by atoms with Crippen molar-refractivity contribution in [2.45, 2.75) is 39.2 Å². The summed E-state index contributed by atoms with van der Waals surface area (Å²) in [7, 11) is 0. The first kappa shape index (κ1) is 15.5. The van der Waals surface area contributed by atoms with Gasteiger partial charge in [0.25, 0.3) is 0 Å². The van der Waals surface area contributed by atoms with E-state index in [9.17, 15) is 9.50 Å². The van der Waals surface area contributed by atoms with E-state index >= 15 is 0 Å². The molecule has 0 amide bonds. The van der Waals surface area contributed by atoms with Crippen LogP contribution in [-0.4, -0.2) is 5.11 Å². The molecular weight excluding hydrogens is 267 g/mol. The van der Waals surface area contributed by atoms with Gasteiger partial charge in [-0.3, -0.25) is 0 Å². The molecule has 0 unspecified atom stereocenters. The zero-order chi connectivity index (χ0) is 15.6. The van der Waals surface area contributed by atoms with Crippen LogP contribution in [0.3, 0.4) is 0 Å². The number of aliphatic hydroxyl groups excluding tert-OH is 1. The maximum absolute atomic E-state index is 13.9. The van der Waals surface area contributed by atoms with Gasteiger partial charge in [-0.2, -0.15) is 0 Å². The van der Waals surface area contributed by atoms with E-state index in [2.05, 4.69) is 20.8 Å². The van der Waals surface area contributed by atoms with Gasteiger partial charge in [0.2, 0.25) is 0 Å². The Hall–Kier alpha value is -1.87. The molecule has 0 heterocycles. The first-order valence-corrected chi connectivity index (χ1v) is 7.04. The Kier molecular flexibility index (Phi) is 4.33. The monoisotopic (exact) mass is 288 g/mol. The Morgan fingerprint density at radius 1 is 1.00 bits per heavy atom. The maximum Gasteiger partial charge on any atom is 0.136 e. The van der Waals surface area contributed by atoms with Crippen LogP contribution in [-0.2, 0) is 5.41 Å². The van der Waals surface area contributed by atoms with Crippen molar-refractivity contribution in [1.29, 1.82) is 0 Å². The lowest BCUT2D eigenvalue weighted by Crippen LogP contribution is -2.12. The maximum atomic E-state index is 13.9. The molecule has 0 saturated carbocycles. The number of ether oxygens (including phenoxy) is 1. The van der Waals surface area contributed by atoms with Crippen LogP contribution in [0.2, 0.25) is 0 Å². The third-order valence-corrected chi connectivity index (χ3v) is 3.35. The van der Waals surface area contributed by atoms with Crippen LogP contribution in [0.15, 0.2) is 42.5 Å². The van der Waals surface area contributed by atoms with Crippen LogP contribution in [0.5, 0.6) is 11.5 Å². The molecule has 2 nitrogen and oxygen atoms in total. The number of hydrogen-bond acceptors (Lipinski definition) is 2. The van der Waals surface area contributed by atoms with E-state index in [0.717, 1.165) is 5.56 Å². The molecule has 1 N–H and O–H groups in total. The summed E-state index contributed by atoms with van der Waals surface area (Å²) in [6, 6.07) is 12.3. The van der Waals surface area contributed by atoms with E-state index in [0.29, 0.717) is 11.5 Å². The first-order chi connectivity index (χ1) is 9.80. The Balaban J connectivity index is 2.47. The second-order valence-corrected chi connectivity index (χ2v) is 6.18. The Morgan fingerprint density at radius 3 is 2.24 bits per heavy atom. The number of hydrogen-bond donors (Lipinski definition) is 1. The van der Waals surface area contributed by atoms with Gasteiger partial charge in [-0.25, -0.2) is 4.39 Å². The molecule has 0 aliphatic rings. The highest BCUT2D eigenvalue weighted by molar-refractivity contribution is 5.44. The minimum atomic E-state index is -0.928. The third-order valence-electron chi connectivity index (χ3n) is 3.35. The summed E-state index contributed by atoms with van der Waals surface area (Å²) in [6.07, 6.45) is -0.928. The molecule has 112 valence electrons. The van der Waals surface area contributed by atoms with Crippen molar-refractivity contribution in [2.24, 2.45) is 0 Å². The zero-order valence-electron chi connectivity index (χ0n) is 12.9. The topological polar surface area (TPSA) is 29.5 Å². The van der Waals surface area contributed by atoms with E-state index in [1.165, 1.54) is 13.0 Å². The van der Waals surface area contributed by atoms with Crippen molar-refractivity contribution < 1.29 is 14.2 Å². The molecule has 2 aromatic carbocycles. The average Bonchev–Trinajstić information content (AvgIpc) is 2.37. The summed E-state index contributed by atoms with van der Waals surface area (Å²) < 4.78 is 19.8. The molecule has 0 bridgehead atoms. The summed E-state index contributed by atoms with van der Waals surface area (Å²) >= 11 is 0. The summed E-state index contributed by atoms with van der Waals surface area (Å²) in [5.41, 5.74) is 1.13. The van der Waals surface area contributed by atoms with E-state index in [4.69, 9.17) is 4.74 Å². The number of benzene rings is 2. The van der Waals surface area contributed by atoms with Crippen molar-refractivity contribution >= 4 is 0 Å². The molecule has 1 atom stereocenters. The molecule has 2 aromatic rings. The van der Waals surface area contributed by atoms with Crippen molar-refractivity contribution in [3.05, 3.63) is 59.4 Å². The van der Waals surface area contributed by atoms with Crippen molar-refractivity contribution in [2.75, 3.05) is 0 Å². The molecule has 3 heteroatoms. The number of rotatable bonds is 3. The van der Waals surface area contributed by atoms with Gasteiger partial charge in [-0.05, 0) is 30.5 Å². The summed E-state index contributed by atoms with van der Waals surface area (Å²) in [5.74, 6) is 0.565. The highest BCUT2D eigenvalue weighted by atomic mass is 19.1. The summed E-state index contributed by atoms with van der Waals surface area (Å²) in [6.45, 7) is 7.81. The molecule has 0 saturated heterocycles. The Morgan fingerprint density at radius 2 is 1.62 bits per heavy atom. The Labute approximate surface area is 125 Å². The highest BCUT2D eigenvalue weighted by Crippen LogP contribution is 2.37. The average molecular weight is 288 g/mol. The van der Waals surface area contributed by atoms with Crippen LogP contribution in [0.1, 0.15) is 44.9 Å². The predicted molar refractivity (Wildman–Crippen MR) is 82.2 cm³/mol. The molecule has 0 spiro atoms. The smallest absolute Gasteiger partial charge is 0.136 e. The standard InChI is InChI=1S/C18H21FO2/c1-12(20)17-14(19)9-7-11-16(17)21-15-10-6-5-8-13(15)18(2,3)4/h5-12,20H,1-4H3/t12-/m1/s1. The lowest BCUT2D eigenvalue weighted by molar-refractivity contribution is 0.190. The quantitative estimate of drug-likeness (QED) is 0.864. The predicted octanol–water partition coefficient (Wildman–Crippen LogP) is 4.97. The molecule has 0 aliphatic heterocycles. The fourth-order valence-corrected chi connectivity index (χ4v) is 2.31. The van der Waals surface area contributed by atoms with E-state index in [-0.39, 0.29) is 11.0 Å². The van der Waals surface area contributed by atoms with Crippen molar-refractivity contribution in [3.8, 4) is 11.5 Å². The second kappa shape index (κ2) is 5.86. The molecule has 2 rings (SSSR count). The molecule has 0 fully saturated rings. The van der Waals surface area contributed by atoms with Crippen LogP contribution in [0, 0.1) is 5.82 Å². The van der Waals surface area contributed by atoms with Gasteiger partial charge in [-0.1, -0.05) is 45.0 Å². The molecule has 0 aromatic heterocycles. The third kappa shape index (κ3) is 3.42. The minimum Gasteiger partial charge on any atom is -0.457 e. The fraction of sp³-hybridized carbons (Fsp3) is 0.333. The van der Waals surface area contributed by atoms with E-state index in [1.54, 1.807) is 12.1 Å². The lowest BCUT2D eigenvalue weighted by Gasteiger charge is -2.23. The van der Waals surface area contributed by atoms with Crippen LogP contribution >= 0.6 is 0 Å². The summed E-state index contributed by atoms with van der Waals surface area (Å²) in [5, 5.41) is 9.77. The highest BCUT2D eigenvalue weighted by Gasteiger charge is 2.21. The van der Waals surface area contributed by atoms with Crippen molar-refractivity contribution in [1.82, 2.24) is 0 Å². The van der Waals surface area contributed by atoms with Crippen LogP contribution in [0.25, 0.3) is 0 Å². The van der Waals surface area contributed by atoms with Gasteiger partial charge >= 0.3 is 0 Å². The largest absolute Gasteiger partial charge is 0.457 e. The zero-order valence-corrected chi connectivity index (χ0v) is 12.9. The van der Waals surface area contributed by atoms with E-state index < -0.39 is 11.9 Å². The molecule has 21 heavy (non-hydrogen) atoms.